The molecule has 3 heterocycles. The lowest BCUT2D eigenvalue weighted by molar-refractivity contribution is 0.747. The molecule has 2 aromatic carbocycles. The third-order valence-electron chi connectivity index (χ3n) is 5.20. The molecule has 0 fully saturated rings. The Morgan fingerprint density at radius 3 is 2.76 bits per heavy atom. The topological polar surface area (TPSA) is 69.7 Å². The molecule has 1 aliphatic rings. The molecular weight excluding hydrogens is 384 g/mol. The number of nitrogens with zero attached hydrogens (tertiary/aromatic N) is 4. The number of nitrogens with one attached hydrogen (secondary N) is 2. The monoisotopic (exact) mass is 404 g/mol. The van der Waals surface area contributed by atoms with Gasteiger partial charge in [-0.25, -0.2) is 0 Å². The molecule has 29 heavy (non-hydrogen) atoms. The summed E-state index contributed by atoms with van der Waals surface area (Å²) in [5.41, 5.74) is 4.28. The molecule has 4 aromatic rings. The Morgan fingerprint density at radius 2 is 1.90 bits per heavy atom. The van der Waals surface area contributed by atoms with Crippen LogP contribution < -0.4 is 10.2 Å². The number of halogens is 1. The number of benzene rings is 2. The summed E-state index contributed by atoms with van der Waals surface area (Å²) in [4.78, 5) is 11.8. The van der Waals surface area contributed by atoms with Crippen LogP contribution >= 0.6 is 11.6 Å². The van der Waals surface area contributed by atoms with Crippen molar-refractivity contribution in [1.82, 2.24) is 20.2 Å². The predicted molar refractivity (Wildman–Crippen MR) is 117 cm³/mol. The van der Waals surface area contributed by atoms with Gasteiger partial charge in [-0.3, -0.25) is 5.10 Å². The predicted octanol–water partition coefficient (Wildman–Crippen LogP) is 4.22. The number of hydrogen-bond donors (Lipinski definition) is 2. The number of anilines is 2. The lowest BCUT2D eigenvalue weighted by Crippen LogP contribution is -2.29. The average Bonchev–Trinajstić information content (AvgIpc) is 3.15. The molecule has 2 aromatic heterocycles. The summed E-state index contributed by atoms with van der Waals surface area (Å²) in [5, 5.41) is 12.7. The van der Waals surface area contributed by atoms with E-state index in [4.69, 9.17) is 16.6 Å². The largest absolute Gasteiger partial charge is 0.354 e. The smallest absolute Gasteiger partial charge is 0.226 e. The van der Waals surface area contributed by atoms with Gasteiger partial charge >= 0.3 is 0 Å². The number of rotatable bonds is 6. The lowest BCUT2D eigenvalue weighted by atomic mass is 10.1. The highest BCUT2D eigenvalue weighted by Gasteiger charge is 2.24. The summed E-state index contributed by atoms with van der Waals surface area (Å²) < 4.78 is 0. The molecule has 2 N–H and O–H groups in total. The molecule has 0 spiro atoms. The van der Waals surface area contributed by atoms with Gasteiger partial charge in [0.2, 0.25) is 5.95 Å². The minimum absolute atomic E-state index is 0.604. The van der Waals surface area contributed by atoms with Crippen molar-refractivity contribution in [3.8, 4) is 0 Å². The van der Waals surface area contributed by atoms with Crippen molar-refractivity contribution >= 4 is 34.4 Å². The SMILES string of the molecule is Clc1cccc(CCNc2nc3c4c([nH]nc4n2)CCN3Cc2ccccc2)c1. The van der Waals surface area contributed by atoms with Crippen LogP contribution in [0.15, 0.2) is 54.6 Å². The highest BCUT2D eigenvalue weighted by atomic mass is 35.5. The van der Waals surface area contributed by atoms with Crippen LogP contribution in [0.5, 0.6) is 0 Å². The van der Waals surface area contributed by atoms with Crippen LogP contribution in [0.3, 0.4) is 0 Å². The molecule has 0 atom stereocenters. The van der Waals surface area contributed by atoms with E-state index in [9.17, 15) is 0 Å². The van der Waals surface area contributed by atoms with E-state index in [2.05, 4.69) is 55.7 Å². The molecule has 0 amide bonds. The van der Waals surface area contributed by atoms with Gasteiger partial charge in [-0.05, 0) is 29.7 Å². The van der Waals surface area contributed by atoms with Gasteiger partial charge in [0.05, 0.1) is 11.1 Å². The van der Waals surface area contributed by atoms with Gasteiger partial charge in [0.15, 0.2) is 5.65 Å². The fourth-order valence-corrected chi connectivity index (χ4v) is 3.99. The van der Waals surface area contributed by atoms with Gasteiger partial charge in [-0.2, -0.15) is 15.1 Å². The van der Waals surface area contributed by atoms with Crippen LogP contribution in [-0.2, 0) is 19.4 Å². The number of aromatic nitrogens is 4. The first-order valence-electron chi connectivity index (χ1n) is 9.78. The van der Waals surface area contributed by atoms with Gasteiger partial charge in [-0.1, -0.05) is 54.1 Å². The third-order valence-corrected chi connectivity index (χ3v) is 5.44. The maximum absolute atomic E-state index is 6.07. The third kappa shape index (κ3) is 3.76. The lowest BCUT2D eigenvalue weighted by Gasteiger charge is -2.28. The Hall–Kier alpha value is -3.12. The van der Waals surface area contributed by atoms with Crippen molar-refractivity contribution in [2.45, 2.75) is 19.4 Å². The second kappa shape index (κ2) is 7.72. The Kier molecular flexibility index (Phi) is 4.77. The first-order chi connectivity index (χ1) is 14.3. The van der Waals surface area contributed by atoms with Crippen molar-refractivity contribution in [3.63, 3.8) is 0 Å². The normalized spacial score (nSPS) is 13.1. The van der Waals surface area contributed by atoms with E-state index in [1.165, 1.54) is 11.1 Å². The Labute approximate surface area is 173 Å². The average molecular weight is 405 g/mol. The van der Waals surface area contributed by atoms with Crippen molar-refractivity contribution in [1.29, 1.82) is 0 Å². The Bertz CT molecular complexity index is 1140. The maximum atomic E-state index is 6.07. The summed E-state index contributed by atoms with van der Waals surface area (Å²) in [6.07, 6.45) is 1.76. The van der Waals surface area contributed by atoms with Crippen molar-refractivity contribution in [3.05, 3.63) is 76.4 Å². The molecule has 146 valence electrons. The van der Waals surface area contributed by atoms with E-state index in [-0.39, 0.29) is 0 Å². The molecule has 0 saturated carbocycles. The quantitative estimate of drug-likeness (QED) is 0.503. The van der Waals surface area contributed by atoms with E-state index in [1.807, 2.05) is 24.3 Å². The number of aromatic amines is 1. The zero-order chi connectivity index (χ0) is 19.6. The van der Waals surface area contributed by atoms with E-state index in [0.29, 0.717) is 11.6 Å². The summed E-state index contributed by atoms with van der Waals surface area (Å²) in [7, 11) is 0. The van der Waals surface area contributed by atoms with Crippen LogP contribution in [0.25, 0.3) is 11.0 Å². The van der Waals surface area contributed by atoms with E-state index >= 15 is 0 Å². The van der Waals surface area contributed by atoms with Gasteiger partial charge in [0, 0.05) is 31.1 Å². The second-order valence-electron chi connectivity index (χ2n) is 7.24. The van der Waals surface area contributed by atoms with Crippen LogP contribution in [0.4, 0.5) is 11.8 Å². The summed E-state index contributed by atoms with van der Waals surface area (Å²) >= 11 is 6.07. The van der Waals surface area contributed by atoms with Gasteiger partial charge in [0.1, 0.15) is 5.82 Å². The van der Waals surface area contributed by atoms with Gasteiger partial charge < -0.3 is 10.2 Å². The molecular formula is C22H21ClN6. The first kappa shape index (κ1) is 17.9. The van der Waals surface area contributed by atoms with Gasteiger partial charge in [0.25, 0.3) is 0 Å². The highest BCUT2D eigenvalue weighted by Crippen LogP contribution is 2.32. The first-order valence-corrected chi connectivity index (χ1v) is 10.2. The van der Waals surface area contributed by atoms with E-state index < -0.39 is 0 Å². The highest BCUT2D eigenvalue weighted by molar-refractivity contribution is 6.30. The van der Waals surface area contributed by atoms with Crippen LogP contribution in [0, 0.1) is 0 Å². The zero-order valence-corrected chi connectivity index (χ0v) is 16.7. The molecule has 5 rings (SSSR count). The molecule has 0 radical (unpaired) electrons. The van der Waals surface area contributed by atoms with Crippen molar-refractivity contribution in [2.24, 2.45) is 0 Å². The molecule has 7 heteroatoms. The van der Waals surface area contributed by atoms with Crippen LogP contribution in [-0.4, -0.2) is 33.3 Å². The summed E-state index contributed by atoms with van der Waals surface area (Å²) in [5.74, 6) is 1.55. The molecule has 6 nitrogen and oxygen atoms in total. The summed E-state index contributed by atoms with van der Waals surface area (Å²) in [6, 6.07) is 18.4. The molecule has 0 bridgehead atoms. The van der Waals surface area contributed by atoms with E-state index in [1.54, 1.807) is 0 Å². The molecule has 0 unspecified atom stereocenters. The molecule has 0 saturated heterocycles. The summed E-state index contributed by atoms with van der Waals surface area (Å²) in [6.45, 7) is 2.44. The number of hydrogen-bond acceptors (Lipinski definition) is 5. The van der Waals surface area contributed by atoms with Crippen LogP contribution in [0.2, 0.25) is 5.02 Å². The van der Waals surface area contributed by atoms with Crippen LogP contribution in [0.1, 0.15) is 16.8 Å². The maximum Gasteiger partial charge on any atom is 0.226 e. The molecule has 1 aliphatic heterocycles. The Morgan fingerprint density at radius 1 is 1.03 bits per heavy atom. The zero-order valence-electron chi connectivity index (χ0n) is 15.9. The number of H-pyrrole nitrogens is 1. The molecule has 0 aliphatic carbocycles. The fourth-order valence-electron chi connectivity index (χ4n) is 3.77. The standard InChI is InChI=1S/C22H21ClN6/c23-17-8-4-7-15(13-17)9-11-24-22-25-20-19-18(27-28-20)10-12-29(21(19)26-22)14-16-5-2-1-3-6-16/h1-8,13H,9-12,14H2,(H2,24,25,26,27,28). The van der Waals surface area contributed by atoms with Crippen molar-refractivity contribution in [2.75, 3.05) is 23.3 Å². The fraction of sp³-hybridized carbons (Fsp3) is 0.227. The minimum atomic E-state index is 0.604. The van der Waals surface area contributed by atoms with E-state index in [0.717, 1.165) is 54.4 Å². The minimum Gasteiger partial charge on any atom is -0.354 e. The van der Waals surface area contributed by atoms with Crippen molar-refractivity contribution < 1.29 is 0 Å². The second-order valence-corrected chi connectivity index (χ2v) is 7.67. The Balaban J connectivity index is 1.38. The van der Waals surface area contributed by atoms with Gasteiger partial charge in [-0.15, -0.1) is 0 Å².